The maximum Gasteiger partial charge on any atom is 0.130 e. The zero-order valence-electron chi connectivity index (χ0n) is 6.10. The number of rotatable bonds is 2. The van der Waals surface area contributed by atoms with E-state index in [0.717, 1.165) is 0 Å². The van der Waals surface area contributed by atoms with Crippen LogP contribution in [0.2, 0.25) is 5.02 Å². The summed E-state index contributed by atoms with van der Waals surface area (Å²) in [6, 6.07) is 4.22. The molecular formula is C8H7Cl2FO. The standard InChI is InChI=1S/C8H7Cl2FO/c9-4-7(12)8-5(10)2-1-3-6(8)11/h1-3,7,12H,4H2/t7-/m0/s1. The number of benzene rings is 1. The van der Waals surface area contributed by atoms with Gasteiger partial charge in [0.25, 0.3) is 0 Å². The summed E-state index contributed by atoms with van der Waals surface area (Å²) in [4.78, 5) is 0. The lowest BCUT2D eigenvalue weighted by Crippen LogP contribution is -2.02. The molecule has 1 atom stereocenters. The van der Waals surface area contributed by atoms with Gasteiger partial charge in [-0.05, 0) is 12.1 Å². The van der Waals surface area contributed by atoms with Gasteiger partial charge < -0.3 is 5.11 Å². The monoisotopic (exact) mass is 208 g/mol. The fourth-order valence-electron chi connectivity index (χ4n) is 0.906. The first-order valence-electron chi connectivity index (χ1n) is 3.34. The number of hydrogen-bond acceptors (Lipinski definition) is 1. The van der Waals surface area contributed by atoms with E-state index in [4.69, 9.17) is 23.2 Å². The summed E-state index contributed by atoms with van der Waals surface area (Å²) in [5.74, 6) is -0.601. The number of aliphatic hydroxyl groups is 1. The molecular weight excluding hydrogens is 202 g/mol. The van der Waals surface area contributed by atoms with Crippen LogP contribution in [0.5, 0.6) is 0 Å². The number of hydrogen-bond donors (Lipinski definition) is 1. The van der Waals surface area contributed by atoms with E-state index in [1.165, 1.54) is 18.2 Å². The smallest absolute Gasteiger partial charge is 0.130 e. The molecule has 1 aromatic carbocycles. The Morgan fingerprint density at radius 2 is 2.17 bits per heavy atom. The van der Waals surface area contributed by atoms with Gasteiger partial charge in [0, 0.05) is 10.6 Å². The second-order valence-electron chi connectivity index (χ2n) is 2.31. The van der Waals surface area contributed by atoms with Gasteiger partial charge in [0.1, 0.15) is 5.82 Å². The molecule has 0 saturated heterocycles. The SMILES string of the molecule is O[C@@H](CCl)c1c(F)cccc1Cl. The van der Waals surface area contributed by atoms with E-state index in [1.54, 1.807) is 0 Å². The van der Waals surface area contributed by atoms with Crippen molar-refractivity contribution in [3.63, 3.8) is 0 Å². The van der Waals surface area contributed by atoms with Crippen molar-refractivity contribution < 1.29 is 9.50 Å². The van der Waals surface area contributed by atoms with Crippen LogP contribution in [0.15, 0.2) is 18.2 Å². The minimum absolute atomic E-state index is 0.0640. The number of alkyl halides is 1. The third kappa shape index (κ3) is 1.89. The van der Waals surface area contributed by atoms with Crippen molar-refractivity contribution in [2.24, 2.45) is 0 Å². The molecule has 0 bridgehead atoms. The third-order valence-electron chi connectivity index (χ3n) is 1.48. The van der Waals surface area contributed by atoms with Crippen molar-refractivity contribution in [1.82, 2.24) is 0 Å². The fourth-order valence-corrected chi connectivity index (χ4v) is 1.35. The largest absolute Gasteiger partial charge is 0.387 e. The quantitative estimate of drug-likeness (QED) is 0.742. The van der Waals surface area contributed by atoms with Crippen molar-refractivity contribution in [2.75, 3.05) is 5.88 Å². The zero-order valence-corrected chi connectivity index (χ0v) is 7.61. The second-order valence-corrected chi connectivity index (χ2v) is 3.02. The topological polar surface area (TPSA) is 20.2 Å². The van der Waals surface area contributed by atoms with E-state index in [9.17, 15) is 9.50 Å². The van der Waals surface area contributed by atoms with Gasteiger partial charge in [-0.3, -0.25) is 0 Å². The Labute approximate surface area is 79.7 Å². The minimum Gasteiger partial charge on any atom is -0.387 e. The van der Waals surface area contributed by atoms with E-state index in [2.05, 4.69) is 0 Å². The number of aliphatic hydroxyl groups excluding tert-OH is 1. The third-order valence-corrected chi connectivity index (χ3v) is 2.10. The Balaban J connectivity index is 3.12. The van der Waals surface area contributed by atoms with Gasteiger partial charge in [0.2, 0.25) is 0 Å². The van der Waals surface area contributed by atoms with E-state index in [-0.39, 0.29) is 16.5 Å². The Morgan fingerprint density at radius 1 is 1.50 bits per heavy atom. The Hall–Kier alpha value is -0.310. The maximum absolute atomic E-state index is 13.0. The predicted molar refractivity (Wildman–Crippen MR) is 47.1 cm³/mol. The maximum atomic E-state index is 13.0. The van der Waals surface area contributed by atoms with Gasteiger partial charge in [0.15, 0.2) is 0 Å². The normalized spacial score (nSPS) is 13.0. The summed E-state index contributed by atoms with van der Waals surface area (Å²) in [6.45, 7) is 0. The Bertz CT molecular complexity index is 258. The van der Waals surface area contributed by atoms with Crippen LogP contribution in [-0.2, 0) is 0 Å². The molecule has 0 unspecified atom stereocenters. The molecule has 0 heterocycles. The summed E-state index contributed by atoms with van der Waals surface area (Å²) in [5, 5.41) is 9.43. The predicted octanol–water partition coefficient (Wildman–Crippen LogP) is 2.75. The van der Waals surface area contributed by atoms with Crippen LogP contribution in [0.25, 0.3) is 0 Å². The van der Waals surface area contributed by atoms with Crippen LogP contribution in [-0.4, -0.2) is 11.0 Å². The van der Waals surface area contributed by atoms with E-state index < -0.39 is 11.9 Å². The molecule has 0 aliphatic carbocycles. The lowest BCUT2D eigenvalue weighted by molar-refractivity contribution is 0.197. The van der Waals surface area contributed by atoms with Crippen molar-refractivity contribution >= 4 is 23.2 Å². The molecule has 1 rings (SSSR count). The van der Waals surface area contributed by atoms with Crippen molar-refractivity contribution in [1.29, 1.82) is 0 Å². The van der Waals surface area contributed by atoms with Crippen molar-refractivity contribution in [3.8, 4) is 0 Å². The first-order chi connectivity index (χ1) is 5.66. The van der Waals surface area contributed by atoms with E-state index in [1.807, 2.05) is 0 Å². The van der Waals surface area contributed by atoms with Gasteiger partial charge in [0.05, 0.1) is 12.0 Å². The molecule has 1 nitrogen and oxygen atoms in total. The molecule has 0 spiro atoms. The van der Waals surface area contributed by atoms with Crippen LogP contribution in [0, 0.1) is 5.82 Å². The van der Waals surface area contributed by atoms with Crippen LogP contribution in [0.3, 0.4) is 0 Å². The molecule has 1 aromatic rings. The molecule has 0 aliphatic rings. The molecule has 12 heavy (non-hydrogen) atoms. The van der Waals surface area contributed by atoms with Gasteiger partial charge in [-0.25, -0.2) is 4.39 Å². The summed E-state index contributed by atoms with van der Waals surface area (Å²) in [7, 11) is 0. The lowest BCUT2D eigenvalue weighted by atomic mass is 10.1. The Morgan fingerprint density at radius 3 is 2.67 bits per heavy atom. The molecule has 0 saturated carbocycles. The summed E-state index contributed by atoms with van der Waals surface area (Å²) in [6.07, 6.45) is -1.04. The molecule has 1 N–H and O–H groups in total. The van der Waals surface area contributed by atoms with Gasteiger partial charge in [-0.15, -0.1) is 11.6 Å². The molecule has 4 heteroatoms. The highest BCUT2D eigenvalue weighted by Crippen LogP contribution is 2.26. The highest BCUT2D eigenvalue weighted by Gasteiger charge is 2.14. The summed E-state index contributed by atoms with van der Waals surface area (Å²) >= 11 is 11.0. The van der Waals surface area contributed by atoms with E-state index in [0.29, 0.717) is 0 Å². The molecule has 0 aromatic heterocycles. The Kier molecular flexibility index (Phi) is 3.32. The molecule has 0 amide bonds. The molecule has 0 aliphatic heterocycles. The van der Waals surface area contributed by atoms with Crippen LogP contribution >= 0.6 is 23.2 Å². The average molecular weight is 209 g/mol. The van der Waals surface area contributed by atoms with Crippen molar-refractivity contribution in [2.45, 2.75) is 6.10 Å². The minimum atomic E-state index is -1.04. The van der Waals surface area contributed by atoms with Crippen LogP contribution in [0.1, 0.15) is 11.7 Å². The van der Waals surface area contributed by atoms with Gasteiger partial charge >= 0.3 is 0 Å². The lowest BCUT2D eigenvalue weighted by Gasteiger charge is -2.09. The molecule has 0 radical (unpaired) electrons. The fraction of sp³-hybridized carbons (Fsp3) is 0.250. The molecule has 0 fully saturated rings. The van der Waals surface area contributed by atoms with Gasteiger partial charge in [-0.2, -0.15) is 0 Å². The van der Waals surface area contributed by atoms with Gasteiger partial charge in [-0.1, -0.05) is 17.7 Å². The van der Waals surface area contributed by atoms with Crippen molar-refractivity contribution in [3.05, 3.63) is 34.6 Å². The summed E-state index contributed by atoms with van der Waals surface area (Å²) in [5.41, 5.74) is 0.0640. The summed E-state index contributed by atoms with van der Waals surface area (Å²) < 4.78 is 13.0. The first-order valence-corrected chi connectivity index (χ1v) is 4.26. The first kappa shape index (κ1) is 9.78. The zero-order chi connectivity index (χ0) is 9.14. The second kappa shape index (κ2) is 4.08. The van der Waals surface area contributed by atoms with Crippen LogP contribution < -0.4 is 0 Å². The molecule has 66 valence electrons. The average Bonchev–Trinajstić information content (AvgIpc) is 2.03. The van der Waals surface area contributed by atoms with Crippen LogP contribution in [0.4, 0.5) is 4.39 Å². The van der Waals surface area contributed by atoms with E-state index >= 15 is 0 Å². The highest BCUT2D eigenvalue weighted by atomic mass is 35.5. The highest BCUT2D eigenvalue weighted by molar-refractivity contribution is 6.31. The number of halogens is 3.